The van der Waals surface area contributed by atoms with Crippen molar-refractivity contribution in [2.75, 3.05) is 11.9 Å². The molecule has 0 aliphatic carbocycles. The summed E-state index contributed by atoms with van der Waals surface area (Å²) in [7, 11) is 0. The Morgan fingerprint density at radius 1 is 1.00 bits per heavy atom. The Hall–Kier alpha value is -3.15. The monoisotopic (exact) mass is 327 g/mol. The first-order chi connectivity index (χ1) is 11.5. The zero-order chi connectivity index (χ0) is 17.5. The van der Waals surface area contributed by atoms with Crippen LogP contribution in [0.2, 0.25) is 0 Å². The number of ether oxygens (including phenoxy) is 2. The van der Waals surface area contributed by atoms with Gasteiger partial charge in [-0.15, -0.1) is 0 Å². The Kier molecular flexibility index (Phi) is 5.68. The highest BCUT2D eigenvalue weighted by Crippen LogP contribution is 2.20. The van der Waals surface area contributed by atoms with Gasteiger partial charge in [-0.3, -0.25) is 9.59 Å². The van der Waals surface area contributed by atoms with Gasteiger partial charge in [0.25, 0.3) is 5.91 Å². The topological polar surface area (TPSA) is 81.7 Å². The third kappa shape index (κ3) is 4.42. The molecule has 2 rings (SSSR count). The van der Waals surface area contributed by atoms with Crippen LogP contribution in [0.15, 0.2) is 48.5 Å². The number of hydrogen-bond acceptors (Lipinski definition) is 5. The van der Waals surface area contributed by atoms with Gasteiger partial charge in [0.15, 0.2) is 0 Å². The molecule has 0 unspecified atom stereocenters. The van der Waals surface area contributed by atoms with Gasteiger partial charge in [-0.1, -0.05) is 12.1 Å². The van der Waals surface area contributed by atoms with Crippen LogP contribution in [-0.4, -0.2) is 24.5 Å². The van der Waals surface area contributed by atoms with Gasteiger partial charge >= 0.3 is 11.9 Å². The fourth-order valence-electron chi connectivity index (χ4n) is 2.00. The molecule has 6 nitrogen and oxygen atoms in total. The molecule has 124 valence electrons. The molecule has 6 heteroatoms. The lowest BCUT2D eigenvalue weighted by Crippen LogP contribution is -2.15. The predicted octanol–water partition coefficient (Wildman–Crippen LogP) is 3.04. The minimum absolute atomic E-state index is 0.186. The summed E-state index contributed by atoms with van der Waals surface area (Å²) in [5, 5.41) is 2.69. The minimum atomic E-state index is -0.506. The highest BCUT2D eigenvalue weighted by molar-refractivity contribution is 6.06. The second-order valence-corrected chi connectivity index (χ2v) is 4.84. The van der Waals surface area contributed by atoms with Gasteiger partial charge in [0, 0.05) is 12.6 Å². The normalized spacial score (nSPS) is 9.92. The number of rotatable bonds is 5. The van der Waals surface area contributed by atoms with E-state index in [1.807, 2.05) is 0 Å². The number of amides is 1. The molecule has 0 aromatic heterocycles. The van der Waals surface area contributed by atoms with Gasteiger partial charge in [0.2, 0.25) is 0 Å². The van der Waals surface area contributed by atoms with E-state index in [1.165, 1.54) is 6.92 Å². The van der Waals surface area contributed by atoms with E-state index in [9.17, 15) is 14.4 Å². The standard InChI is InChI=1S/C18H17NO5/c1-3-23-18(22)13-8-10-14(11-9-13)19-17(21)15-6-4-5-7-16(15)24-12(2)20/h4-11H,3H2,1-2H3,(H,19,21). The number of hydrogen-bond donors (Lipinski definition) is 1. The first-order valence-corrected chi connectivity index (χ1v) is 7.37. The van der Waals surface area contributed by atoms with E-state index in [1.54, 1.807) is 55.5 Å². The lowest BCUT2D eigenvalue weighted by molar-refractivity contribution is -0.131. The first kappa shape index (κ1) is 17.2. The maximum atomic E-state index is 12.3. The molecule has 0 bridgehead atoms. The van der Waals surface area contributed by atoms with Crippen LogP contribution >= 0.6 is 0 Å². The molecule has 1 N–H and O–H groups in total. The fourth-order valence-corrected chi connectivity index (χ4v) is 2.00. The molecule has 0 radical (unpaired) electrons. The van der Waals surface area contributed by atoms with Crippen LogP contribution in [0.3, 0.4) is 0 Å². The van der Waals surface area contributed by atoms with Crippen molar-refractivity contribution >= 4 is 23.5 Å². The highest BCUT2D eigenvalue weighted by atomic mass is 16.5. The van der Waals surface area contributed by atoms with Crippen molar-refractivity contribution in [1.29, 1.82) is 0 Å². The molecule has 1 amide bonds. The van der Waals surface area contributed by atoms with Crippen LogP contribution in [0.1, 0.15) is 34.6 Å². The summed E-state index contributed by atoms with van der Waals surface area (Å²) >= 11 is 0. The summed E-state index contributed by atoms with van der Waals surface area (Å²) in [5.74, 6) is -1.16. The number of carbonyl (C=O) groups excluding carboxylic acids is 3. The minimum Gasteiger partial charge on any atom is -0.462 e. The van der Waals surface area contributed by atoms with Crippen molar-refractivity contribution in [2.45, 2.75) is 13.8 Å². The molecule has 0 fully saturated rings. The molecule has 0 atom stereocenters. The van der Waals surface area contributed by atoms with Gasteiger partial charge < -0.3 is 14.8 Å². The summed E-state index contributed by atoms with van der Waals surface area (Å²) in [5.41, 5.74) is 1.14. The molecule has 24 heavy (non-hydrogen) atoms. The number of anilines is 1. The summed E-state index contributed by atoms with van der Waals surface area (Å²) in [4.78, 5) is 35.0. The van der Waals surface area contributed by atoms with E-state index in [-0.39, 0.29) is 11.3 Å². The Morgan fingerprint density at radius 3 is 2.29 bits per heavy atom. The maximum absolute atomic E-state index is 12.3. The van der Waals surface area contributed by atoms with E-state index < -0.39 is 17.8 Å². The lowest BCUT2D eigenvalue weighted by Gasteiger charge is -2.10. The van der Waals surface area contributed by atoms with Crippen molar-refractivity contribution in [1.82, 2.24) is 0 Å². The zero-order valence-electron chi connectivity index (χ0n) is 13.4. The quantitative estimate of drug-likeness (QED) is 0.674. The van der Waals surface area contributed by atoms with Gasteiger partial charge in [-0.2, -0.15) is 0 Å². The van der Waals surface area contributed by atoms with Crippen molar-refractivity contribution in [2.24, 2.45) is 0 Å². The number of benzene rings is 2. The van der Waals surface area contributed by atoms with Gasteiger partial charge in [-0.05, 0) is 43.3 Å². The highest BCUT2D eigenvalue weighted by Gasteiger charge is 2.14. The van der Waals surface area contributed by atoms with E-state index in [4.69, 9.17) is 9.47 Å². The van der Waals surface area contributed by atoms with Crippen LogP contribution in [0, 0.1) is 0 Å². The molecule has 0 aliphatic rings. The number of carbonyl (C=O) groups is 3. The average Bonchev–Trinajstić information content (AvgIpc) is 2.55. The Bertz CT molecular complexity index is 752. The summed E-state index contributed by atoms with van der Waals surface area (Å²) in [6, 6.07) is 12.8. The van der Waals surface area contributed by atoms with Crippen LogP contribution in [0.4, 0.5) is 5.69 Å². The van der Waals surface area contributed by atoms with Crippen LogP contribution in [0.25, 0.3) is 0 Å². The average molecular weight is 327 g/mol. The van der Waals surface area contributed by atoms with E-state index in [2.05, 4.69) is 5.32 Å². The largest absolute Gasteiger partial charge is 0.462 e. The summed E-state index contributed by atoms with van der Waals surface area (Å²) < 4.78 is 9.92. The molecule has 0 spiro atoms. The smallest absolute Gasteiger partial charge is 0.338 e. The van der Waals surface area contributed by atoms with E-state index in [0.717, 1.165) is 0 Å². The second-order valence-electron chi connectivity index (χ2n) is 4.84. The molecule has 0 aliphatic heterocycles. The zero-order valence-corrected chi connectivity index (χ0v) is 13.4. The Morgan fingerprint density at radius 2 is 1.67 bits per heavy atom. The summed E-state index contributed by atoms with van der Waals surface area (Å²) in [6.45, 7) is 3.29. The van der Waals surface area contributed by atoms with Crippen molar-refractivity contribution in [3.05, 3.63) is 59.7 Å². The number of para-hydroxylation sites is 1. The molecule has 2 aromatic carbocycles. The molecule has 0 saturated heterocycles. The van der Waals surface area contributed by atoms with Gasteiger partial charge in [0.05, 0.1) is 17.7 Å². The maximum Gasteiger partial charge on any atom is 0.338 e. The Labute approximate surface area is 139 Å². The van der Waals surface area contributed by atoms with Crippen molar-refractivity contribution in [3.63, 3.8) is 0 Å². The molecular formula is C18H17NO5. The van der Waals surface area contributed by atoms with Crippen LogP contribution < -0.4 is 10.1 Å². The first-order valence-electron chi connectivity index (χ1n) is 7.37. The second kappa shape index (κ2) is 7.92. The van der Waals surface area contributed by atoms with Crippen molar-refractivity contribution in [3.8, 4) is 5.75 Å². The van der Waals surface area contributed by atoms with Crippen LogP contribution in [-0.2, 0) is 9.53 Å². The molecule has 0 saturated carbocycles. The predicted molar refractivity (Wildman–Crippen MR) is 88.1 cm³/mol. The van der Waals surface area contributed by atoms with Gasteiger partial charge in [-0.25, -0.2) is 4.79 Å². The summed E-state index contributed by atoms with van der Waals surface area (Å²) in [6.07, 6.45) is 0. The SMILES string of the molecule is CCOC(=O)c1ccc(NC(=O)c2ccccc2OC(C)=O)cc1. The third-order valence-electron chi connectivity index (χ3n) is 3.04. The third-order valence-corrected chi connectivity index (χ3v) is 3.04. The number of esters is 2. The fraction of sp³-hybridized carbons (Fsp3) is 0.167. The number of nitrogens with one attached hydrogen (secondary N) is 1. The van der Waals surface area contributed by atoms with E-state index >= 15 is 0 Å². The molecule has 0 heterocycles. The molecular weight excluding hydrogens is 310 g/mol. The van der Waals surface area contributed by atoms with E-state index in [0.29, 0.717) is 17.9 Å². The Balaban J connectivity index is 2.13. The van der Waals surface area contributed by atoms with Gasteiger partial charge in [0.1, 0.15) is 5.75 Å². The van der Waals surface area contributed by atoms with Crippen molar-refractivity contribution < 1.29 is 23.9 Å². The van der Waals surface area contributed by atoms with Crippen LogP contribution in [0.5, 0.6) is 5.75 Å². The lowest BCUT2D eigenvalue weighted by atomic mass is 10.1. The molecule has 2 aromatic rings.